The number of aryl methyl sites for hydroxylation is 2. The van der Waals surface area contributed by atoms with Crippen molar-refractivity contribution in [1.29, 1.82) is 0 Å². The quantitative estimate of drug-likeness (QED) is 0.825. The first-order valence-electron chi connectivity index (χ1n) is 6.20. The van der Waals surface area contributed by atoms with Gasteiger partial charge in [0.25, 0.3) is 0 Å². The third kappa shape index (κ3) is 3.24. The molecule has 0 saturated carbocycles. The van der Waals surface area contributed by atoms with E-state index in [-0.39, 0.29) is 0 Å². The summed E-state index contributed by atoms with van der Waals surface area (Å²) in [5, 5.41) is 13.4. The summed E-state index contributed by atoms with van der Waals surface area (Å²) in [7, 11) is 0. The van der Waals surface area contributed by atoms with E-state index in [1.807, 2.05) is 17.7 Å². The predicted octanol–water partition coefficient (Wildman–Crippen LogP) is 3.96. The number of carboxylic acid groups (broad SMARTS) is 1. The number of aromatic carboxylic acids is 1. The largest absolute Gasteiger partial charge is 0.478 e. The van der Waals surface area contributed by atoms with Gasteiger partial charge >= 0.3 is 5.97 Å². The number of benzene rings is 1. The fourth-order valence-electron chi connectivity index (χ4n) is 1.88. The molecule has 1 heterocycles. The van der Waals surface area contributed by atoms with Crippen LogP contribution in [0.25, 0.3) is 0 Å². The Bertz CT molecular complexity index is 640. The van der Waals surface area contributed by atoms with E-state index in [1.54, 1.807) is 30.0 Å². The molecule has 0 aliphatic heterocycles. The Kier molecular flexibility index (Phi) is 4.88. The zero-order chi connectivity index (χ0) is 14.7. The fourth-order valence-corrected chi connectivity index (χ4v) is 3.47. The summed E-state index contributed by atoms with van der Waals surface area (Å²) in [5.74, 6) is -0.152. The molecule has 0 aliphatic carbocycles. The maximum absolute atomic E-state index is 11.0. The number of carbonyl (C=O) groups is 1. The van der Waals surface area contributed by atoms with Crippen LogP contribution >= 0.6 is 27.7 Å². The van der Waals surface area contributed by atoms with Gasteiger partial charge in [0.2, 0.25) is 0 Å². The highest BCUT2D eigenvalue weighted by Crippen LogP contribution is 2.29. The second kappa shape index (κ2) is 6.45. The van der Waals surface area contributed by atoms with E-state index >= 15 is 0 Å². The monoisotopic (exact) mass is 354 g/mol. The number of nitrogens with zero attached hydrogens (tertiary/aromatic N) is 2. The summed E-state index contributed by atoms with van der Waals surface area (Å²) >= 11 is 5.17. The highest BCUT2D eigenvalue weighted by atomic mass is 79.9. The third-order valence-corrected chi connectivity index (χ3v) is 4.95. The number of thioether (sulfide) groups is 1. The molecule has 0 unspecified atom stereocenters. The van der Waals surface area contributed by atoms with Crippen LogP contribution in [0.15, 0.2) is 33.6 Å². The van der Waals surface area contributed by atoms with Crippen molar-refractivity contribution in [3.05, 3.63) is 45.7 Å². The maximum Gasteiger partial charge on any atom is 0.335 e. The SMILES string of the molecule is CCn1nc(C)c(Br)c1CSc1cccc(C(=O)O)c1. The minimum atomic E-state index is -0.900. The van der Waals surface area contributed by atoms with Crippen molar-refractivity contribution in [2.45, 2.75) is 31.0 Å². The van der Waals surface area contributed by atoms with Crippen LogP contribution in [0, 0.1) is 6.92 Å². The van der Waals surface area contributed by atoms with Gasteiger partial charge in [0.05, 0.1) is 21.4 Å². The molecule has 0 aliphatic rings. The van der Waals surface area contributed by atoms with Crippen molar-refractivity contribution in [2.24, 2.45) is 0 Å². The second-order valence-electron chi connectivity index (χ2n) is 4.28. The van der Waals surface area contributed by atoms with E-state index in [0.717, 1.165) is 33.1 Å². The highest BCUT2D eigenvalue weighted by Gasteiger charge is 2.12. The van der Waals surface area contributed by atoms with Crippen LogP contribution < -0.4 is 0 Å². The maximum atomic E-state index is 11.0. The molecule has 0 bridgehead atoms. The number of carboxylic acids is 1. The van der Waals surface area contributed by atoms with Crippen molar-refractivity contribution in [3.8, 4) is 0 Å². The topological polar surface area (TPSA) is 55.1 Å². The first-order chi connectivity index (χ1) is 9.52. The van der Waals surface area contributed by atoms with Crippen LogP contribution in [-0.2, 0) is 12.3 Å². The fraction of sp³-hybridized carbons (Fsp3) is 0.286. The number of halogens is 1. The molecule has 0 radical (unpaired) electrons. The Labute approximate surface area is 130 Å². The molecule has 2 rings (SSSR count). The standard InChI is InChI=1S/C14H15BrN2O2S/c1-3-17-12(13(15)9(2)16-17)8-20-11-6-4-5-10(7-11)14(18)19/h4-7H,3,8H2,1-2H3,(H,18,19). The molecule has 1 aromatic carbocycles. The average molecular weight is 355 g/mol. The Morgan fingerprint density at radius 2 is 2.25 bits per heavy atom. The summed E-state index contributed by atoms with van der Waals surface area (Å²) in [5.41, 5.74) is 2.41. The predicted molar refractivity (Wildman–Crippen MR) is 83.3 cm³/mol. The number of hydrogen-bond acceptors (Lipinski definition) is 3. The normalized spacial score (nSPS) is 10.8. The summed E-state index contributed by atoms with van der Waals surface area (Å²) in [4.78, 5) is 11.9. The first-order valence-corrected chi connectivity index (χ1v) is 7.98. The third-order valence-electron chi connectivity index (χ3n) is 2.91. The summed E-state index contributed by atoms with van der Waals surface area (Å²) in [6.07, 6.45) is 0. The molecule has 0 amide bonds. The van der Waals surface area contributed by atoms with E-state index in [0.29, 0.717) is 5.56 Å². The Balaban J connectivity index is 2.16. The van der Waals surface area contributed by atoms with Crippen LogP contribution in [0.4, 0.5) is 0 Å². The molecule has 4 nitrogen and oxygen atoms in total. The lowest BCUT2D eigenvalue weighted by atomic mass is 10.2. The van der Waals surface area contributed by atoms with Gasteiger partial charge in [0.15, 0.2) is 0 Å². The Morgan fingerprint density at radius 1 is 1.50 bits per heavy atom. The minimum Gasteiger partial charge on any atom is -0.478 e. The van der Waals surface area contributed by atoms with Crippen LogP contribution in [0.2, 0.25) is 0 Å². The highest BCUT2D eigenvalue weighted by molar-refractivity contribution is 9.10. The smallest absolute Gasteiger partial charge is 0.335 e. The zero-order valence-corrected chi connectivity index (χ0v) is 13.7. The summed E-state index contributed by atoms with van der Waals surface area (Å²) in [6.45, 7) is 4.84. The number of aromatic nitrogens is 2. The molecule has 2 aromatic rings. The lowest BCUT2D eigenvalue weighted by Gasteiger charge is -2.06. The van der Waals surface area contributed by atoms with Crippen molar-refractivity contribution in [3.63, 3.8) is 0 Å². The average Bonchev–Trinajstić information content (AvgIpc) is 2.72. The summed E-state index contributed by atoms with van der Waals surface area (Å²) in [6, 6.07) is 6.98. The van der Waals surface area contributed by atoms with Crippen molar-refractivity contribution in [1.82, 2.24) is 9.78 Å². The molecule has 1 N–H and O–H groups in total. The van der Waals surface area contributed by atoms with Gasteiger partial charge in [-0.15, -0.1) is 11.8 Å². The Hall–Kier alpha value is -1.27. The van der Waals surface area contributed by atoms with Gasteiger partial charge in [-0.05, 0) is 48.0 Å². The molecular weight excluding hydrogens is 340 g/mol. The second-order valence-corrected chi connectivity index (χ2v) is 6.13. The number of rotatable bonds is 5. The molecule has 0 atom stereocenters. The molecule has 0 saturated heterocycles. The van der Waals surface area contributed by atoms with Gasteiger partial charge in [-0.1, -0.05) is 6.07 Å². The summed E-state index contributed by atoms with van der Waals surface area (Å²) < 4.78 is 2.99. The van der Waals surface area contributed by atoms with Gasteiger partial charge in [0, 0.05) is 17.2 Å². The molecule has 6 heteroatoms. The molecule has 106 valence electrons. The van der Waals surface area contributed by atoms with E-state index in [9.17, 15) is 4.79 Å². The molecule has 20 heavy (non-hydrogen) atoms. The van der Waals surface area contributed by atoms with Crippen molar-refractivity contribution in [2.75, 3.05) is 0 Å². The van der Waals surface area contributed by atoms with Gasteiger partial charge in [-0.2, -0.15) is 5.10 Å². The van der Waals surface area contributed by atoms with E-state index < -0.39 is 5.97 Å². The zero-order valence-electron chi connectivity index (χ0n) is 11.3. The molecule has 0 spiro atoms. The lowest BCUT2D eigenvalue weighted by Crippen LogP contribution is -2.01. The first kappa shape index (κ1) is 15.1. The molecule has 1 aromatic heterocycles. The Morgan fingerprint density at radius 3 is 2.90 bits per heavy atom. The molecular formula is C14H15BrN2O2S. The van der Waals surface area contributed by atoms with Crippen LogP contribution in [0.3, 0.4) is 0 Å². The van der Waals surface area contributed by atoms with E-state index in [4.69, 9.17) is 5.11 Å². The van der Waals surface area contributed by atoms with E-state index in [2.05, 4.69) is 28.0 Å². The number of hydrogen-bond donors (Lipinski definition) is 1. The van der Waals surface area contributed by atoms with Gasteiger partial charge < -0.3 is 5.11 Å². The van der Waals surface area contributed by atoms with E-state index in [1.165, 1.54) is 0 Å². The molecule has 0 fully saturated rings. The van der Waals surface area contributed by atoms with Crippen molar-refractivity contribution < 1.29 is 9.90 Å². The van der Waals surface area contributed by atoms with Gasteiger partial charge in [0.1, 0.15) is 0 Å². The minimum absolute atomic E-state index is 0.314. The van der Waals surface area contributed by atoms with Crippen molar-refractivity contribution >= 4 is 33.7 Å². The van der Waals surface area contributed by atoms with Gasteiger partial charge in [-0.3, -0.25) is 4.68 Å². The van der Waals surface area contributed by atoms with Crippen LogP contribution in [-0.4, -0.2) is 20.9 Å². The van der Waals surface area contributed by atoms with Gasteiger partial charge in [-0.25, -0.2) is 4.79 Å². The van der Waals surface area contributed by atoms with Crippen LogP contribution in [0.5, 0.6) is 0 Å². The van der Waals surface area contributed by atoms with Crippen LogP contribution in [0.1, 0.15) is 28.7 Å². The lowest BCUT2D eigenvalue weighted by molar-refractivity contribution is 0.0696.